The summed E-state index contributed by atoms with van der Waals surface area (Å²) in [6.07, 6.45) is 4.66. The lowest BCUT2D eigenvalue weighted by Gasteiger charge is -2.08. The second-order valence-electron chi connectivity index (χ2n) is 7.01. The highest BCUT2D eigenvalue weighted by molar-refractivity contribution is 7.99. The Balaban J connectivity index is 1.56. The van der Waals surface area contributed by atoms with E-state index in [4.69, 9.17) is 11.6 Å². The van der Waals surface area contributed by atoms with E-state index >= 15 is 0 Å². The van der Waals surface area contributed by atoms with Crippen molar-refractivity contribution in [3.63, 3.8) is 0 Å². The van der Waals surface area contributed by atoms with Gasteiger partial charge in [-0.1, -0.05) is 47.6 Å². The molecule has 0 bridgehead atoms. The molecule has 3 aromatic rings. The van der Waals surface area contributed by atoms with Crippen LogP contribution in [0.3, 0.4) is 0 Å². The highest BCUT2D eigenvalue weighted by Crippen LogP contribution is 2.20. The lowest BCUT2D eigenvalue weighted by molar-refractivity contribution is -0.384. The molecule has 1 heterocycles. The predicted molar refractivity (Wildman–Crippen MR) is 135 cm³/mol. The average Bonchev–Trinajstić information content (AvgIpc) is 3.23. The molecule has 0 fully saturated rings. The molecular formula is C23H21ClN6O4S. The van der Waals surface area contributed by atoms with E-state index in [9.17, 15) is 19.7 Å². The number of allylic oxidation sites excluding steroid dienone is 1. The molecule has 180 valence electrons. The summed E-state index contributed by atoms with van der Waals surface area (Å²) in [6, 6.07) is 12.7. The number of nitro groups is 1. The van der Waals surface area contributed by atoms with Gasteiger partial charge in [-0.05, 0) is 29.8 Å². The fourth-order valence-electron chi connectivity index (χ4n) is 2.86. The normalized spacial score (nSPS) is 10.8. The Labute approximate surface area is 210 Å². The van der Waals surface area contributed by atoms with E-state index in [1.54, 1.807) is 34.9 Å². The summed E-state index contributed by atoms with van der Waals surface area (Å²) < 4.78 is 1.74. The van der Waals surface area contributed by atoms with Crippen LogP contribution in [0, 0.1) is 10.1 Å². The standard InChI is InChI=1S/C23H21ClN6O4S/c1-2-13-29-20(14-25-21(31)12-7-16-5-3-4-6-19(16)24)27-28-23(29)35-15-22(32)26-17-8-10-18(11-9-17)30(33)34/h2-12H,1,13-15H2,(H,25,31)(H,26,32). The molecule has 0 radical (unpaired) electrons. The maximum absolute atomic E-state index is 12.3. The summed E-state index contributed by atoms with van der Waals surface area (Å²) in [5.41, 5.74) is 1.11. The van der Waals surface area contributed by atoms with Crippen molar-refractivity contribution >= 4 is 52.6 Å². The highest BCUT2D eigenvalue weighted by Gasteiger charge is 2.14. The quantitative estimate of drug-likeness (QED) is 0.130. The minimum absolute atomic E-state index is 0.0409. The Morgan fingerprint density at radius 1 is 1.17 bits per heavy atom. The highest BCUT2D eigenvalue weighted by atomic mass is 35.5. The zero-order valence-corrected chi connectivity index (χ0v) is 20.0. The minimum atomic E-state index is -0.511. The molecule has 2 aromatic carbocycles. The van der Waals surface area contributed by atoms with E-state index in [0.717, 1.165) is 5.56 Å². The van der Waals surface area contributed by atoms with Gasteiger partial charge in [-0.25, -0.2) is 0 Å². The number of rotatable bonds is 11. The van der Waals surface area contributed by atoms with Crippen molar-refractivity contribution in [3.05, 3.63) is 93.8 Å². The summed E-state index contributed by atoms with van der Waals surface area (Å²) in [5.74, 6) is -0.0897. The van der Waals surface area contributed by atoms with Crippen LogP contribution in [0.4, 0.5) is 11.4 Å². The number of anilines is 1. The van der Waals surface area contributed by atoms with Crippen LogP contribution in [0.25, 0.3) is 6.08 Å². The van der Waals surface area contributed by atoms with Crippen LogP contribution in [-0.2, 0) is 22.7 Å². The zero-order chi connectivity index (χ0) is 25.2. The smallest absolute Gasteiger partial charge is 0.269 e. The number of amides is 2. The lowest BCUT2D eigenvalue weighted by Crippen LogP contribution is -2.23. The average molecular weight is 513 g/mol. The molecule has 35 heavy (non-hydrogen) atoms. The summed E-state index contributed by atoms with van der Waals surface area (Å²) in [4.78, 5) is 34.7. The molecule has 0 unspecified atom stereocenters. The van der Waals surface area contributed by atoms with Gasteiger partial charge in [-0.2, -0.15) is 0 Å². The van der Waals surface area contributed by atoms with Gasteiger partial charge in [0.2, 0.25) is 11.8 Å². The van der Waals surface area contributed by atoms with Crippen molar-refractivity contribution in [1.82, 2.24) is 20.1 Å². The molecule has 0 aliphatic carbocycles. The Morgan fingerprint density at radius 2 is 1.91 bits per heavy atom. The molecule has 2 N–H and O–H groups in total. The molecule has 2 amide bonds. The second kappa shape index (κ2) is 12.5. The van der Waals surface area contributed by atoms with Crippen molar-refractivity contribution in [1.29, 1.82) is 0 Å². The molecule has 12 heteroatoms. The van der Waals surface area contributed by atoms with Crippen LogP contribution in [0.1, 0.15) is 11.4 Å². The molecule has 0 saturated carbocycles. The summed E-state index contributed by atoms with van der Waals surface area (Å²) in [6.45, 7) is 4.25. The second-order valence-corrected chi connectivity index (χ2v) is 8.36. The van der Waals surface area contributed by atoms with Gasteiger partial charge in [-0.15, -0.1) is 16.8 Å². The third-order valence-corrected chi connectivity index (χ3v) is 5.85. The van der Waals surface area contributed by atoms with Crippen molar-refractivity contribution in [2.75, 3.05) is 11.1 Å². The van der Waals surface area contributed by atoms with E-state index in [1.165, 1.54) is 42.1 Å². The Hall–Kier alpha value is -3.96. The number of carbonyl (C=O) groups is 2. The van der Waals surface area contributed by atoms with Crippen LogP contribution >= 0.6 is 23.4 Å². The maximum atomic E-state index is 12.3. The van der Waals surface area contributed by atoms with E-state index in [-0.39, 0.29) is 29.8 Å². The van der Waals surface area contributed by atoms with Gasteiger partial charge in [0, 0.05) is 35.5 Å². The maximum Gasteiger partial charge on any atom is 0.269 e. The van der Waals surface area contributed by atoms with E-state index in [2.05, 4.69) is 27.4 Å². The van der Waals surface area contributed by atoms with Gasteiger partial charge in [0.1, 0.15) is 0 Å². The van der Waals surface area contributed by atoms with Gasteiger partial charge in [0.15, 0.2) is 11.0 Å². The lowest BCUT2D eigenvalue weighted by atomic mass is 10.2. The zero-order valence-electron chi connectivity index (χ0n) is 18.4. The molecule has 3 rings (SSSR count). The number of benzene rings is 2. The molecule has 0 atom stereocenters. The fourth-order valence-corrected chi connectivity index (χ4v) is 3.83. The van der Waals surface area contributed by atoms with Gasteiger partial charge >= 0.3 is 0 Å². The van der Waals surface area contributed by atoms with Crippen LogP contribution < -0.4 is 10.6 Å². The first-order valence-electron chi connectivity index (χ1n) is 10.3. The molecular weight excluding hydrogens is 492 g/mol. The van der Waals surface area contributed by atoms with E-state index in [1.807, 2.05) is 6.07 Å². The number of aromatic nitrogens is 3. The van der Waals surface area contributed by atoms with Gasteiger partial charge in [0.25, 0.3) is 5.69 Å². The van der Waals surface area contributed by atoms with Crippen LogP contribution in [0.15, 0.2) is 72.4 Å². The predicted octanol–water partition coefficient (Wildman–Crippen LogP) is 4.09. The van der Waals surface area contributed by atoms with E-state index < -0.39 is 4.92 Å². The number of nitrogens with zero attached hydrogens (tertiary/aromatic N) is 4. The first kappa shape index (κ1) is 25.7. The van der Waals surface area contributed by atoms with Crippen molar-refractivity contribution in [2.24, 2.45) is 0 Å². The third kappa shape index (κ3) is 7.52. The Bertz CT molecular complexity index is 1260. The number of nitrogens with one attached hydrogen (secondary N) is 2. The van der Waals surface area contributed by atoms with Gasteiger partial charge in [-0.3, -0.25) is 19.7 Å². The largest absolute Gasteiger partial charge is 0.345 e. The SMILES string of the molecule is C=CCn1c(CNC(=O)C=Cc2ccccc2Cl)nnc1SCC(=O)Nc1ccc([N+](=O)[O-])cc1. The number of hydrogen-bond donors (Lipinski definition) is 2. The van der Waals surface area contributed by atoms with Crippen molar-refractivity contribution in [2.45, 2.75) is 18.2 Å². The topological polar surface area (TPSA) is 132 Å². The van der Waals surface area contributed by atoms with Crippen LogP contribution in [0.5, 0.6) is 0 Å². The molecule has 0 spiro atoms. The fraction of sp³-hybridized carbons (Fsp3) is 0.130. The Kier molecular flexibility index (Phi) is 9.16. The van der Waals surface area contributed by atoms with Crippen LogP contribution in [-0.4, -0.2) is 37.3 Å². The van der Waals surface area contributed by atoms with Crippen molar-refractivity contribution < 1.29 is 14.5 Å². The number of halogens is 1. The number of nitro benzene ring substituents is 1. The number of non-ortho nitro benzene ring substituents is 1. The molecule has 10 nitrogen and oxygen atoms in total. The third-order valence-electron chi connectivity index (χ3n) is 4.54. The summed E-state index contributed by atoms with van der Waals surface area (Å²) in [5, 5.41) is 25.4. The van der Waals surface area contributed by atoms with Gasteiger partial charge in [0.05, 0.1) is 17.2 Å². The van der Waals surface area contributed by atoms with Crippen LogP contribution in [0.2, 0.25) is 5.02 Å². The molecule has 1 aromatic heterocycles. The molecule has 0 aliphatic rings. The van der Waals surface area contributed by atoms with Gasteiger partial charge < -0.3 is 15.2 Å². The Morgan fingerprint density at radius 3 is 2.60 bits per heavy atom. The molecule has 0 aliphatic heterocycles. The van der Waals surface area contributed by atoms with Crippen molar-refractivity contribution in [3.8, 4) is 0 Å². The number of hydrogen-bond acceptors (Lipinski definition) is 7. The summed E-state index contributed by atoms with van der Waals surface area (Å²) in [7, 11) is 0. The monoisotopic (exact) mass is 512 g/mol. The van der Waals surface area contributed by atoms with E-state index in [0.29, 0.717) is 28.2 Å². The number of thioether (sulfide) groups is 1. The number of carbonyl (C=O) groups excluding carboxylic acids is 2. The minimum Gasteiger partial charge on any atom is -0.345 e. The summed E-state index contributed by atoms with van der Waals surface area (Å²) >= 11 is 7.25. The molecule has 0 saturated heterocycles. The first-order chi connectivity index (χ1) is 16.9. The first-order valence-corrected chi connectivity index (χ1v) is 11.6.